The second-order valence-corrected chi connectivity index (χ2v) is 6.97. The molecule has 0 aliphatic heterocycles. The summed E-state index contributed by atoms with van der Waals surface area (Å²) in [6.45, 7) is 13.0. The third kappa shape index (κ3) is 8.83. The highest BCUT2D eigenvalue weighted by Crippen LogP contribution is 2.31. The first-order valence-electron chi connectivity index (χ1n) is 9.73. The Bertz CT molecular complexity index is 218. The molecule has 1 saturated carbocycles. The lowest BCUT2D eigenvalue weighted by Crippen LogP contribution is -2.28. The summed E-state index contributed by atoms with van der Waals surface area (Å²) in [5.41, 5.74) is 0. The van der Waals surface area contributed by atoms with Crippen molar-refractivity contribution in [3.8, 4) is 0 Å². The first kappa shape index (κ1) is 19.0. The van der Waals surface area contributed by atoms with Crippen LogP contribution in [0.25, 0.3) is 0 Å². The van der Waals surface area contributed by atoms with Gasteiger partial charge in [-0.25, -0.2) is 0 Å². The molecule has 0 amide bonds. The van der Waals surface area contributed by atoms with Crippen LogP contribution < -0.4 is 5.32 Å². The molecule has 2 nitrogen and oxygen atoms in total. The molecule has 0 heterocycles. The van der Waals surface area contributed by atoms with E-state index in [4.69, 9.17) is 0 Å². The lowest BCUT2D eigenvalue weighted by Gasteiger charge is -2.28. The monoisotopic (exact) mass is 296 g/mol. The molecule has 0 spiro atoms. The lowest BCUT2D eigenvalue weighted by atomic mass is 9.80. The van der Waals surface area contributed by atoms with Gasteiger partial charge in [0, 0.05) is 0 Å². The molecular weight excluding hydrogens is 256 g/mol. The minimum Gasteiger partial charge on any atom is -0.316 e. The molecular formula is C19H40N2. The van der Waals surface area contributed by atoms with Gasteiger partial charge in [-0.1, -0.05) is 52.9 Å². The molecule has 0 unspecified atom stereocenters. The molecule has 1 fully saturated rings. The summed E-state index contributed by atoms with van der Waals surface area (Å²) in [5, 5.41) is 3.70. The maximum Gasteiger partial charge on any atom is -0.00185 e. The fraction of sp³-hybridized carbons (Fsp3) is 1.00. The van der Waals surface area contributed by atoms with Gasteiger partial charge in [-0.3, -0.25) is 0 Å². The Hall–Kier alpha value is -0.0800. The van der Waals surface area contributed by atoms with Crippen LogP contribution in [-0.4, -0.2) is 37.6 Å². The molecule has 1 rings (SSSR count). The molecule has 0 bridgehead atoms. The van der Waals surface area contributed by atoms with E-state index in [1.807, 2.05) is 0 Å². The molecule has 1 aliphatic rings. The van der Waals surface area contributed by atoms with Gasteiger partial charge in [-0.2, -0.15) is 0 Å². The van der Waals surface area contributed by atoms with Crippen molar-refractivity contribution in [2.24, 2.45) is 11.8 Å². The zero-order valence-corrected chi connectivity index (χ0v) is 15.0. The number of nitrogens with zero attached hydrogens (tertiary/aromatic N) is 1. The molecule has 0 saturated heterocycles. The van der Waals surface area contributed by atoms with Crippen LogP contribution in [0.4, 0.5) is 0 Å². The van der Waals surface area contributed by atoms with Crippen molar-refractivity contribution < 1.29 is 0 Å². The average molecular weight is 297 g/mol. The van der Waals surface area contributed by atoms with Crippen molar-refractivity contribution in [3.63, 3.8) is 0 Å². The SMILES string of the molecule is CCCCC1CCC(CNCCCCN(CC)CC)CC1. The summed E-state index contributed by atoms with van der Waals surface area (Å²) < 4.78 is 0. The van der Waals surface area contributed by atoms with Crippen LogP contribution >= 0.6 is 0 Å². The molecule has 2 heteroatoms. The van der Waals surface area contributed by atoms with E-state index in [1.165, 1.54) is 90.5 Å². The van der Waals surface area contributed by atoms with E-state index in [0.717, 1.165) is 11.8 Å². The Kier molecular flexibility index (Phi) is 11.3. The van der Waals surface area contributed by atoms with Crippen LogP contribution in [0, 0.1) is 11.8 Å². The van der Waals surface area contributed by atoms with Crippen molar-refractivity contribution in [1.82, 2.24) is 10.2 Å². The molecule has 1 N–H and O–H groups in total. The average Bonchev–Trinajstić information content (AvgIpc) is 2.53. The Morgan fingerprint density at radius 2 is 1.52 bits per heavy atom. The van der Waals surface area contributed by atoms with Crippen molar-refractivity contribution in [1.29, 1.82) is 0 Å². The van der Waals surface area contributed by atoms with Gasteiger partial charge in [0.25, 0.3) is 0 Å². The van der Waals surface area contributed by atoms with Crippen molar-refractivity contribution >= 4 is 0 Å². The van der Waals surface area contributed by atoms with Crippen molar-refractivity contribution in [3.05, 3.63) is 0 Å². The van der Waals surface area contributed by atoms with Gasteiger partial charge in [0.2, 0.25) is 0 Å². The van der Waals surface area contributed by atoms with Crippen LogP contribution in [0.1, 0.15) is 78.6 Å². The number of unbranched alkanes of at least 4 members (excludes halogenated alkanes) is 2. The maximum absolute atomic E-state index is 3.70. The predicted molar refractivity (Wildman–Crippen MR) is 94.9 cm³/mol. The van der Waals surface area contributed by atoms with Gasteiger partial charge in [0.05, 0.1) is 0 Å². The lowest BCUT2D eigenvalue weighted by molar-refractivity contribution is 0.252. The first-order valence-corrected chi connectivity index (χ1v) is 9.73. The van der Waals surface area contributed by atoms with Crippen LogP contribution in [0.5, 0.6) is 0 Å². The molecule has 1 aliphatic carbocycles. The van der Waals surface area contributed by atoms with Gasteiger partial charge >= 0.3 is 0 Å². The Labute approximate surface area is 134 Å². The van der Waals surface area contributed by atoms with Crippen molar-refractivity contribution in [2.75, 3.05) is 32.7 Å². The molecule has 21 heavy (non-hydrogen) atoms. The van der Waals surface area contributed by atoms with E-state index in [2.05, 4.69) is 31.0 Å². The second-order valence-electron chi connectivity index (χ2n) is 6.97. The summed E-state index contributed by atoms with van der Waals surface area (Å²) in [6.07, 6.45) is 12.9. The van der Waals surface area contributed by atoms with Gasteiger partial charge in [0.1, 0.15) is 0 Å². The van der Waals surface area contributed by atoms with Gasteiger partial charge < -0.3 is 10.2 Å². The van der Waals surface area contributed by atoms with E-state index >= 15 is 0 Å². The molecule has 0 aromatic carbocycles. The fourth-order valence-electron chi connectivity index (χ4n) is 3.65. The highest BCUT2D eigenvalue weighted by molar-refractivity contribution is 4.74. The molecule has 0 radical (unpaired) electrons. The summed E-state index contributed by atoms with van der Waals surface area (Å²) >= 11 is 0. The molecule has 0 aromatic heterocycles. The number of nitrogens with one attached hydrogen (secondary N) is 1. The summed E-state index contributed by atoms with van der Waals surface area (Å²) in [6, 6.07) is 0. The van der Waals surface area contributed by atoms with Crippen LogP contribution in [-0.2, 0) is 0 Å². The highest BCUT2D eigenvalue weighted by Gasteiger charge is 2.20. The Balaban J connectivity index is 1.92. The molecule has 126 valence electrons. The minimum absolute atomic E-state index is 0.964. The predicted octanol–water partition coefficient (Wildman–Crippen LogP) is 4.69. The zero-order chi connectivity index (χ0) is 15.3. The van der Waals surface area contributed by atoms with E-state index in [-0.39, 0.29) is 0 Å². The van der Waals surface area contributed by atoms with E-state index in [9.17, 15) is 0 Å². The maximum atomic E-state index is 3.70. The summed E-state index contributed by atoms with van der Waals surface area (Å²) in [7, 11) is 0. The van der Waals surface area contributed by atoms with Gasteiger partial charge in [-0.05, 0) is 70.2 Å². The Morgan fingerprint density at radius 1 is 0.857 bits per heavy atom. The van der Waals surface area contributed by atoms with Crippen LogP contribution in [0.15, 0.2) is 0 Å². The normalized spacial score (nSPS) is 22.9. The van der Waals surface area contributed by atoms with Crippen LogP contribution in [0.2, 0.25) is 0 Å². The van der Waals surface area contributed by atoms with Gasteiger partial charge in [-0.15, -0.1) is 0 Å². The second kappa shape index (κ2) is 12.5. The fourth-order valence-corrected chi connectivity index (χ4v) is 3.65. The third-order valence-corrected chi connectivity index (χ3v) is 5.34. The van der Waals surface area contributed by atoms with Gasteiger partial charge in [0.15, 0.2) is 0 Å². The van der Waals surface area contributed by atoms with Crippen molar-refractivity contribution in [2.45, 2.75) is 78.6 Å². The smallest absolute Gasteiger partial charge is 0.00185 e. The minimum atomic E-state index is 0.964. The quantitative estimate of drug-likeness (QED) is 0.525. The standard InChI is InChI=1S/C19H40N2/c1-4-7-10-18-11-13-19(14-12-18)17-20-15-8-9-16-21(5-2)6-3/h18-20H,4-17H2,1-3H3. The van der Waals surface area contributed by atoms with Crippen LogP contribution in [0.3, 0.4) is 0 Å². The highest BCUT2D eigenvalue weighted by atomic mass is 15.1. The Morgan fingerprint density at radius 3 is 2.14 bits per heavy atom. The van der Waals surface area contributed by atoms with E-state index in [0.29, 0.717) is 0 Å². The van der Waals surface area contributed by atoms with E-state index < -0.39 is 0 Å². The van der Waals surface area contributed by atoms with E-state index in [1.54, 1.807) is 0 Å². The molecule has 0 aromatic rings. The molecule has 0 atom stereocenters. The first-order chi connectivity index (χ1) is 10.3. The largest absolute Gasteiger partial charge is 0.316 e. The summed E-state index contributed by atoms with van der Waals surface area (Å²) in [4.78, 5) is 2.53. The third-order valence-electron chi connectivity index (χ3n) is 5.34. The number of hydrogen-bond acceptors (Lipinski definition) is 2. The number of hydrogen-bond donors (Lipinski definition) is 1. The summed E-state index contributed by atoms with van der Waals surface area (Å²) in [5.74, 6) is 2.01. The topological polar surface area (TPSA) is 15.3 Å². The number of rotatable bonds is 12. The zero-order valence-electron chi connectivity index (χ0n) is 15.0.